The molecule has 2 rings (SSSR count). The van der Waals surface area contributed by atoms with E-state index in [1.54, 1.807) is 0 Å². The zero-order valence-corrected chi connectivity index (χ0v) is 6.83. The molecule has 1 aromatic carbocycles. The van der Waals surface area contributed by atoms with Crippen LogP contribution in [0.2, 0.25) is 0 Å². The van der Waals surface area contributed by atoms with Gasteiger partial charge >= 0.3 is 0 Å². The van der Waals surface area contributed by atoms with E-state index in [2.05, 4.69) is 12.2 Å². The summed E-state index contributed by atoms with van der Waals surface area (Å²) in [6.07, 6.45) is 6.58. The summed E-state index contributed by atoms with van der Waals surface area (Å²) in [6, 6.07) is 6.83. The highest BCUT2D eigenvalue weighted by Crippen LogP contribution is 2.28. The summed E-state index contributed by atoms with van der Waals surface area (Å²) in [7, 11) is 0. The van der Waals surface area contributed by atoms with Gasteiger partial charge in [-0.05, 0) is 36.5 Å². The van der Waals surface area contributed by atoms with E-state index < -0.39 is 0 Å². The number of benzene rings is 1. The predicted octanol–water partition coefficient (Wildman–Crippen LogP) is 3.26. The molecular weight excluding hydrogens is 151 g/mol. The van der Waals surface area contributed by atoms with Crippen molar-refractivity contribution in [3.05, 3.63) is 47.8 Å². The van der Waals surface area contributed by atoms with Gasteiger partial charge in [0.1, 0.15) is 5.82 Å². The summed E-state index contributed by atoms with van der Waals surface area (Å²) < 4.78 is 12.6. The Hall–Kier alpha value is -1.11. The molecule has 1 heteroatoms. The van der Waals surface area contributed by atoms with Crippen LogP contribution in [-0.2, 0) is 0 Å². The van der Waals surface area contributed by atoms with Crippen molar-refractivity contribution < 1.29 is 4.39 Å². The van der Waals surface area contributed by atoms with Crippen molar-refractivity contribution in [2.24, 2.45) is 0 Å². The lowest BCUT2D eigenvalue weighted by molar-refractivity contribution is 0.625. The molecule has 0 N–H and O–H groups in total. The zero-order valence-electron chi connectivity index (χ0n) is 6.83. The highest BCUT2D eigenvalue weighted by atomic mass is 19.1. The molecule has 12 heavy (non-hydrogen) atoms. The minimum atomic E-state index is -0.148. The molecule has 0 fully saturated rings. The van der Waals surface area contributed by atoms with Crippen LogP contribution in [0.4, 0.5) is 4.39 Å². The largest absolute Gasteiger partial charge is 0.207 e. The maximum Gasteiger partial charge on any atom is 0.123 e. The molecule has 0 spiro atoms. The molecule has 1 aliphatic carbocycles. The molecule has 0 amide bonds. The average Bonchev–Trinajstić information content (AvgIpc) is 2.58. The van der Waals surface area contributed by atoms with E-state index in [-0.39, 0.29) is 5.82 Å². The van der Waals surface area contributed by atoms with Crippen molar-refractivity contribution in [1.82, 2.24) is 0 Å². The van der Waals surface area contributed by atoms with Crippen LogP contribution in [0.25, 0.3) is 0 Å². The Balaban J connectivity index is 2.18. The minimum absolute atomic E-state index is 0.148. The average molecular weight is 162 g/mol. The van der Waals surface area contributed by atoms with Gasteiger partial charge in [-0.2, -0.15) is 0 Å². The Morgan fingerprint density at radius 2 is 1.58 bits per heavy atom. The normalized spacial score (nSPS) is 17.1. The molecule has 0 saturated heterocycles. The zero-order chi connectivity index (χ0) is 8.39. The van der Waals surface area contributed by atoms with E-state index in [4.69, 9.17) is 0 Å². The lowest BCUT2D eigenvalue weighted by Crippen LogP contribution is -1.91. The fourth-order valence-corrected chi connectivity index (χ4v) is 1.62. The van der Waals surface area contributed by atoms with Crippen LogP contribution in [0, 0.1) is 5.82 Å². The van der Waals surface area contributed by atoms with E-state index in [1.165, 1.54) is 17.7 Å². The Bertz CT molecular complexity index is 276. The minimum Gasteiger partial charge on any atom is -0.207 e. The first-order valence-electron chi connectivity index (χ1n) is 4.27. The third-order valence-electron chi connectivity index (χ3n) is 2.35. The summed E-state index contributed by atoms with van der Waals surface area (Å²) in [6.45, 7) is 0. The summed E-state index contributed by atoms with van der Waals surface area (Å²) >= 11 is 0. The second kappa shape index (κ2) is 3.10. The van der Waals surface area contributed by atoms with Crippen LogP contribution in [0.15, 0.2) is 36.4 Å². The van der Waals surface area contributed by atoms with Crippen LogP contribution in [0.1, 0.15) is 24.3 Å². The number of hydrogen-bond donors (Lipinski definition) is 0. The molecule has 62 valence electrons. The van der Waals surface area contributed by atoms with Crippen molar-refractivity contribution in [3.63, 3.8) is 0 Å². The Morgan fingerprint density at radius 3 is 2.17 bits per heavy atom. The van der Waals surface area contributed by atoms with Crippen molar-refractivity contribution in [3.8, 4) is 0 Å². The van der Waals surface area contributed by atoms with Crippen LogP contribution in [0.5, 0.6) is 0 Å². The first-order valence-corrected chi connectivity index (χ1v) is 4.27. The molecule has 0 unspecified atom stereocenters. The highest BCUT2D eigenvalue weighted by Gasteiger charge is 2.11. The molecule has 0 nitrogen and oxygen atoms in total. The van der Waals surface area contributed by atoms with Gasteiger partial charge in [0.25, 0.3) is 0 Å². The lowest BCUT2D eigenvalue weighted by Gasteiger charge is -2.08. The van der Waals surface area contributed by atoms with Gasteiger partial charge in [-0.3, -0.25) is 0 Å². The van der Waals surface area contributed by atoms with Gasteiger partial charge in [-0.25, -0.2) is 4.39 Å². The third kappa shape index (κ3) is 1.40. The van der Waals surface area contributed by atoms with Gasteiger partial charge in [-0.15, -0.1) is 0 Å². The molecule has 0 bridgehead atoms. The fourth-order valence-electron chi connectivity index (χ4n) is 1.62. The summed E-state index contributed by atoms with van der Waals surface area (Å²) in [5.41, 5.74) is 1.25. The smallest absolute Gasteiger partial charge is 0.123 e. The maximum absolute atomic E-state index is 12.6. The van der Waals surface area contributed by atoms with Crippen LogP contribution >= 0.6 is 0 Å². The molecule has 0 saturated carbocycles. The van der Waals surface area contributed by atoms with Crippen molar-refractivity contribution in [2.45, 2.75) is 18.8 Å². The number of allylic oxidation sites excluding steroid dienone is 2. The second-order valence-corrected chi connectivity index (χ2v) is 3.19. The number of rotatable bonds is 1. The maximum atomic E-state index is 12.6. The summed E-state index contributed by atoms with van der Waals surface area (Å²) in [4.78, 5) is 0. The van der Waals surface area contributed by atoms with E-state index >= 15 is 0 Å². The topological polar surface area (TPSA) is 0 Å². The molecule has 0 aliphatic heterocycles. The van der Waals surface area contributed by atoms with Gasteiger partial charge in [0.2, 0.25) is 0 Å². The first-order chi connectivity index (χ1) is 5.86. The van der Waals surface area contributed by atoms with Crippen LogP contribution in [-0.4, -0.2) is 0 Å². The SMILES string of the molecule is Fc1ccc(C2CC=CC2)cc1. The quantitative estimate of drug-likeness (QED) is 0.556. The number of hydrogen-bond acceptors (Lipinski definition) is 0. The highest BCUT2D eigenvalue weighted by molar-refractivity contribution is 5.23. The molecular formula is C11H11F. The third-order valence-corrected chi connectivity index (χ3v) is 2.35. The van der Waals surface area contributed by atoms with Crippen molar-refractivity contribution in [2.75, 3.05) is 0 Å². The van der Waals surface area contributed by atoms with Crippen molar-refractivity contribution in [1.29, 1.82) is 0 Å². The number of halogens is 1. The monoisotopic (exact) mass is 162 g/mol. The molecule has 1 aliphatic rings. The Morgan fingerprint density at radius 1 is 1.00 bits per heavy atom. The van der Waals surface area contributed by atoms with E-state index in [0.717, 1.165) is 12.8 Å². The molecule has 1 aromatic rings. The molecule has 0 radical (unpaired) electrons. The van der Waals surface area contributed by atoms with E-state index in [0.29, 0.717) is 5.92 Å². The summed E-state index contributed by atoms with van der Waals surface area (Å²) in [5, 5.41) is 0. The first kappa shape index (κ1) is 7.53. The summed E-state index contributed by atoms with van der Waals surface area (Å²) in [5.74, 6) is 0.440. The van der Waals surface area contributed by atoms with Gasteiger partial charge in [0.05, 0.1) is 0 Å². The van der Waals surface area contributed by atoms with Gasteiger partial charge in [-0.1, -0.05) is 24.3 Å². The standard InChI is InChI=1S/C11H11F/c12-11-7-5-10(6-8-11)9-3-1-2-4-9/h1-2,5-9H,3-4H2. The molecule has 0 aromatic heterocycles. The van der Waals surface area contributed by atoms with Crippen LogP contribution < -0.4 is 0 Å². The van der Waals surface area contributed by atoms with Gasteiger partial charge in [0, 0.05) is 0 Å². The van der Waals surface area contributed by atoms with Gasteiger partial charge < -0.3 is 0 Å². The van der Waals surface area contributed by atoms with E-state index in [1.807, 2.05) is 12.1 Å². The Kier molecular flexibility index (Phi) is 1.94. The van der Waals surface area contributed by atoms with Crippen LogP contribution in [0.3, 0.4) is 0 Å². The van der Waals surface area contributed by atoms with Crippen molar-refractivity contribution >= 4 is 0 Å². The Labute approximate surface area is 71.7 Å². The predicted molar refractivity (Wildman–Crippen MR) is 47.5 cm³/mol. The molecule has 0 heterocycles. The molecule has 0 atom stereocenters. The van der Waals surface area contributed by atoms with E-state index in [9.17, 15) is 4.39 Å². The lowest BCUT2D eigenvalue weighted by atomic mass is 9.97. The van der Waals surface area contributed by atoms with Gasteiger partial charge in [0.15, 0.2) is 0 Å². The second-order valence-electron chi connectivity index (χ2n) is 3.19. The fraction of sp³-hybridized carbons (Fsp3) is 0.273.